The zero-order chi connectivity index (χ0) is 18.2. The summed E-state index contributed by atoms with van der Waals surface area (Å²) in [5.41, 5.74) is 0.845. The Bertz CT molecular complexity index is 759. The second kappa shape index (κ2) is 8.58. The maximum Gasteiger partial charge on any atom is 0.337 e. The first-order chi connectivity index (χ1) is 12.1. The van der Waals surface area contributed by atoms with Crippen molar-refractivity contribution in [3.05, 3.63) is 48.0 Å². The smallest absolute Gasteiger partial charge is 0.337 e. The zero-order valence-electron chi connectivity index (χ0n) is 14.2. The fourth-order valence-corrected chi connectivity index (χ4v) is 2.07. The maximum absolute atomic E-state index is 12.1. The predicted octanol–water partition coefficient (Wildman–Crippen LogP) is 2.51. The summed E-state index contributed by atoms with van der Waals surface area (Å²) in [7, 11) is 4.34. The van der Waals surface area contributed by atoms with Crippen LogP contribution in [0.4, 0.5) is 5.69 Å². The minimum Gasteiger partial charge on any atom is -0.497 e. The summed E-state index contributed by atoms with van der Waals surface area (Å²) in [4.78, 5) is 23.6. The highest BCUT2D eigenvalue weighted by Crippen LogP contribution is 2.28. The number of carbonyl (C=O) groups excluding carboxylic acids is 2. The van der Waals surface area contributed by atoms with Crippen molar-refractivity contribution in [1.29, 1.82) is 0 Å². The van der Waals surface area contributed by atoms with Crippen LogP contribution in [0.5, 0.6) is 17.2 Å². The van der Waals surface area contributed by atoms with Crippen LogP contribution in [-0.2, 0) is 9.53 Å². The van der Waals surface area contributed by atoms with Crippen molar-refractivity contribution in [2.45, 2.75) is 0 Å². The van der Waals surface area contributed by atoms with E-state index in [9.17, 15) is 9.59 Å². The van der Waals surface area contributed by atoms with E-state index in [2.05, 4.69) is 10.1 Å². The molecule has 0 fully saturated rings. The van der Waals surface area contributed by atoms with Crippen molar-refractivity contribution in [1.82, 2.24) is 0 Å². The molecule has 2 aromatic carbocycles. The van der Waals surface area contributed by atoms with Crippen LogP contribution in [0, 0.1) is 0 Å². The minimum atomic E-state index is -0.474. The first-order valence-electron chi connectivity index (χ1n) is 7.40. The highest BCUT2D eigenvalue weighted by Gasteiger charge is 2.11. The Hall–Kier alpha value is -3.22. The summed E-state index contributed by atoms with van der Waals surface area (Å²) < 4.78 is 20.4. The topological polar surface area (TPSA) is 83.1 Å². The third-order valence-corrected chi connectivity index (χ3v) is 3.31. The predicted molar refractivity (Wildman–Crippen MR) is 91.5 cm³/mol. The van der Waals surface area contributed by atoms with Gasteiger partial charge in [0.05, 0.1) is 32.6 Å². The van der Waals surface area contributed by atoms with Crippen LogP contribution in [0.25, 0.3) is 0 Å². The Morgan fingerprint density at radius 3 is 2.44 bits per heavy atom. The van der Waals surface area contributed by atoms with E-state index in [4.69, 9.17) is 14.2 Å². The van der Waals surface area contributed by atoms with Crippen LogP contribution < -0.4 is 19.5 Å². The Morgan fingerprint density at radius 1 is 0.960 bits per heavy atom. The van der Waals surface area contributed by atoms with Crippen LogP contribution in [0.15, 0.2) is 42.5 Å². The van der Waals surface area contributed by atoms with E-state index in [0.717, 1.165) is 0 Å². The number of nitrogens with one attached hydrogen (secondary N) is 1. The summed E-state index contributed by atoms with van der Waals surface area (Å²) in [5.74, 6) is 0.635. The lowest BCUT2D eigenvalue weighted by molar-refractivity contribution is -0.118. The summed E-state index contributed by atoms with van der Waals surface area (Å²) >= 11 is 0. The number of methoxy groups -OCH3 is 3. The van der Waals surface area contributed by atoms with Gasteiger partial charge in [-0.25, -0.2) is 4.79 Å². The van der Waals surface area contributed by atoms with Gasteiger partial charge in [-0.3, -0.25) is 4.79 Å². The van der Waals surface area contributed by atoms with E-state index in [1.807, 2.05) is 0 Å². The average molecular weight is 345 g/mol. The van der Waals surface area contributed by atoms with E-state index in [-0.39, 0.29) is 12.5 Å². The van der Waals surface area contributed by atoms with Gasteiger partial charge in [0.25, 0.3) is 5.91 Å². The lowest BCUT2D eigenvalue weighted by atomic mass is 10.2. The van der Waals surface area contributed by atoms with Crippen molar-refractivity contribution >= 4 is 17.6 Å². The molecule has 0 aliphatic carbocycles. The number of rotatable bonds is 7. The highest BCUT2D eigenvalue weighted by atomic mass is 16.5. The third kappa shape index (κ3) is 4.87. The summed E-state index contributed by atoms with van der Waals surface area (Å²) in [6.07, 6.45) is 0. The molecule has 1 amide bonds. The first kappa shape index (κ1) is 18.1. The normalized spacial score (nSPS) is 9.88. The van der Waals surface area contributed by atoms with Gasteiger partial charge in [-0.15, -0.1) is 0 Å². The van der Waals surface area contributed by atoms with Gasteiger partial charge in [0.2, 0.25) is 0 Å². The average Bonchev–Trinajstić information content (AvgIpc) is 2.66. The van der Waals surface area contributed by atoms with Crippen LogP contribution in [-0.4, -0.2) is 39.8 Å². The van der Waals surface area contributed by atoms with Crippen molar-refractivity contribution in [3.8, 4) is 17.2 Å². The molecule has 0 aliphatic rings. The molecule has 0 radical (unpaired) electrons. The molecular weight excluding hydrogens is 326 g/mol. The Kier molecular flexibility index (Phi) is 6.22. The number of benzene rings is 2. The van der Waals surface area contributed by atoms with Crippen LogP contribution in [0.1, 0.15) is 10.4 Å². The molecule has 0 bridgehead atoms. The fourth-order valence-electron chi connectivity index (χ4n) is 2.07. The monoisotopic (exact) mass is 345 g/mol. The summed E-state index contributed by atoms with van der Waals surface area (Å²) in [6, 6.07) is 11.4. The van der Waals surface area contributed by atoms with E-state index in [1.165, 1.54) is 20.3 Å². The van der Waals surface area contributed by atoms with Crippen LogP contribution >= 0.6 is 0 Å². The number of carbonyl (C=O) groups is 2. The highest BCUT2D eigenvalue weighted by molar-refractivity contribution is 5.93. The molecule has 0 saturated carbocycles. The van der Waals surface area contributed by atoms with Gasteiger partial charge in [-0.05, 0) is 30.3 Å². The molecule has 0 aliphatic heterocycles. The second-order valence-electron chi connectivity index (χ2n) is 4.92. The van der Waals surface area contributed by atoms with Gasteiger partial charge in [-0.2, -0.15) is 0 Å². The molecule has 0 atom stereocenters. The van der Waals surface area contributed by atoms with Gasteiger partial charge in [0.15, 0.2) is 6.61 Å². The maximum atomic E-state index is 12.1. The molecule has 0 aromatic heterocycles. The van der Waals surface area contributed by atoms with Crippen molar-refractivity contribution in [2.75, 3.05) is 33.3 Å². The molecular formula is C18H19NO6. The van der Waals surface area contributed by atoms with Crippen LogP contribution in [0.2, 0.25) is 0 Å². The number of hydrogen-bond acceptors (Lipinski definition) is 6. The van der Waals surface area contributed by atoms with E-state index < -0.39 is 5.97 Å². The molecule has 1 N–H and O–H groups in total. The van der Waals surface area contributed by atoms with E-state index >= 15 is 0 Å². The quantitative estimate of drug-likeness (QED) is 0.777. The molecule has 2 rings (SSSR count). The summed E-state index contributed by atoms with van der Waals surface area (Å²) in [6.45, 7) is -0.222. The number of hydrogen-bond donors (Lipinski definition) is 1. The molecule has 132 valence electrons. The molecule has 0 spiro atoms. The van der Waals surface area contributed by atoms with E-state index in [1.54, 1.807) is 43.5 Å². The molecule has 0 saturated heterocycles. The molecule has 25 heavy (non-hydrogen) atoms. The lowest BCUT2D eigenvalue weighted by Gasteiger charge is -2.12. The molecule has 0 heterocycles. The lowest BCUT2D eigenvalue weighted by Crippen LogP contribution is -2.20. The number of esters is 1. The molecule has 7 heteroatoms. The fraction of sp³-hybridized carbons (Fsp3) is 0.222. The largest absolute Gasteiger partial charge is 0.497 e. The Labute approximate surface area is 145 Å². The number of amides is 1. The Morgan fingerprint density at radius 2 is 1.76 bits per heavy atom. The van der Waals surface area contributed by atoms with Gasteiger partial charge in [0.1, 0.15) is 17.2 Å². The molecule has 2 aromatic rings. The first-order valence-corrected chi connectivity index (χ1v) is 7.40. The van der Waals surface area contributed by atoms with Gasteiger partial charge >= 0.3 is 5.97 Å². The van der Waals surface area contributed by atoms with Crippen LogP contribution in [0.3, 0.4) is 0 Å². The van der Waals surface area contributed by atoms with E-state index in [0.29, 0.717) is 28.5 Å². The second-order valence-corrected chi connectivity index (χ2v) is 4.92. The third-order valence-electron chi connectivity index (χ3n) is 3.31. The summed E-state index contributed by atoms with van der Waals surface area (Å²) in [5, 5.41) is 2.70. The van der Waals surface area contributed by atoms with Crippen molar-refractivity contribution < 1.29 is 28.5 Å². The minimum absolute atomic E-state index is 0.222. The molecule has 0 unspecified atom stereocenters. The van der Waals surface area contributed by atoms with Crippen molar-refractivity contribution in [3.63, 3.8) is 0 Å². The standard InChI is InChI=1S/C18H19NO6/c1-22-13-7-8-15(16(10-13)23-2)19-17(20)11-25-14-6-4-5-12(9-14)18(21)24-3/h4-10H,11H2,1-3H3,(H,19,20). The van der Waals surface area contributed by atoms with Gasteiger partial charge in [0, 0.05) is 6.07 Å². The van der Waals surface area contributed by atoms with Gasteiger partial charge < -0.3 is 24.3 Å². The molecule has 7 nitrogen and oxygen atoms in total. The van der Waals surface area contributed by atoms with Crippen molar-refractivity contribution in [2.24, 2.45) is 0 Å². The number of anilines is 1. The zero-order valence-corrected chi connectivity index (χ0v) is 14.2. The SMILES string of the molecule is COC(=O)c1cccc(OCC(=O)Nc2ccc(OC)cc2OC)c1. The van der Waals surface area contributed by atoms with Gasteiger partial charge in [-0.1, -0.05) is 6.07 Å². The Balaban J connectivity index is 1.98. The number of ether oxygens (including phenoxy) is 4.